The van der Waals surface area contributed by atoms with Crippen molar-refractivity contribution in [1.29, 1.82) is 0 Å². The molecule has 56 heavy (non-hydrogen) atoms. The Morgan fingerprint density at radius 3 is 1.09 bits per heavy atom. The fraction of sp³-hybridized carbons (Fsp3) is 0.529. The lowest BCUT2D eigenvalue weighted by molar-refractivity contribution is 0.434. The summed E-state index contributed by atoms with van der Waals surface area (Å²) in [5.74, 6) is 0.940. The van der Waals surface area contributed by atoms with Crippen molar-refractivity contribution in [2.45, 2.75) is 177 Å². The molecule has 0 atom stereocenters. The largest absolute Gasteiger partial charge is 0.507 e. The molecule has 0 heterocycles. The highest BCUT2D eigenvalue weighted by Gasteiger charge is 2.30. The van der Waals surface area contributed by atoms with Crippen molar-refractivity contribution in [3.63, 3.8) is 0 Å². The number of rotatable bonds is 8. The summed E-state index contributed by atoms with van der Waals surface area (Å²) in [7, 11) is 0. The highest BCUT2D eigenvalue weighted by atomic mass is 16.3. The van der Waals surface area contributed by atoms with E-state index < -0.39 is 0 Å². The Labute approximate surface area is 340 Å². The first-order valence-corrected chi connectivity index (χ1v) is 20.5. The summed E-state index contributed by atoms with van der Waals surface area (Å²) in [6.07, 6.45) is 0. The van der Waals surface area contributed by atoms with Gasteiger partial charge in [0.05, 0.1) is 11.4 Å². The van der Waals surface area contributed by atoms with Crippen LogP contribution >= 0.6 is 0 Å². The van der Waals surface area contributed by atoms with Crippen LogP contribution in [0.25, 0.3) is 0 Å². The molecule has 0 saturated heterocycles. The fourth-order valence-corrected chi connectivity index (χ4v) is 7.20. The van der Waals surface area contributed by atoms with E-state index in [4.69, 9.17) is 0 Å². The van der Waals surface area contributed by atoms with Gasteiger partial charge in [-0.25, -0.2) is 0 Å². The summed E-state index contributed by atoms with van der Waals surface area (Å²) in [6.45, 7) is 40.4. The monoisotopic (exact) mass is 763 g/mol. The summed E-state index contributed by atoms with van der Waals surface area (Å²) in [5, 5.41) is 39.5. The molecule has 306 valence electrons. The zero-order valence-electron chi connectivity index (χ0n) is 38.2. The van der Waals surface area contributed by atoms with E-state index in [1.54, 1.807) is 0 Å². The van der Waals surface area contributed by atoms with Crippen molar-refractivity contribution < 1.29 is 15.3 Å². The van der Waals surface area contributed by atoms with Crippen LogP contribution < -0.4 is 10.2 Å². The summed E-state index contributed by atoms with van der Waals surface area (Å²) in [6, 6.07) is 21.2. The number of phenolic OH excluding ortho intramolecular Hbond substituents is 3. The molecule has 4 aromatic carbocycles. The number of para-hydroxylation sites is 2. The highest BCUT2D eigenvalue weighted by Crippen LogP contribution is 2.43. The van der Waals surface area contributed by atoms with Crippen LogP contribution in [0, 0.1) is 0 Å². The lowest BCUT2D eigenvalue weighted by atomic mass is 9.78. The van der Waals surface area contributed by atoms with Gasteiger partial charge in [-0.15, -0.1) is 0 Å². The van der Waals surface area contributed by atoms with Crippen LogP contribution in [-0.4, -0.2) is 15.3 Å². The minimum absolute atomic E-state index is 0.0951. The standard InChI is InChI=1S/C51H74N2O3/c1-46(2,3)35-23-32(43(54)38(26-35)49(10,11)12)29-52-41-21-19-20-22-42(41)53(30-33-24-36(47(4,5)6)27-39(44(33)55)50(13,14)15)31-34-25-37(48(7,8)9)28-40(45(34)56)51(16,17)18/h19-28,52,54-56H,29-31H2,1-18H3. The van der Waals surface area contributed by atoms with Gasteiger partial charge >= 0.3 is 0 Å². The number of phenols is 3. The van der Waals surface area contributed by atoms with Gasteiger partial charge in [-0.05, 0) is 96.2 Å². The third kappa shape index (κ3) is 10.2. The lowest BCUT2D eigenvalue weighted by Gasteiger charge is -2.33. The topological polar surface area (TPSA) is 76.0 Å². The summed E-state index contributed by atoms with van der Waals surface area (Å²) >= 11 is 0. The summed E-state index contributed by atoms with van der Waals surface area (Å²) in [4.78, 5) is 2.27. The van der Waals surface area contributed by atoms with Crippen molar-refractivity contribution in [1.82, 2.24) is 0 Å². The van der Waals surface area contributed by atoms with Gasteiger partial charge in [0.1, 0.15) is 17.2 Å². The van der Waals surface area contributed by atoms with Crippen molar-refractivity contribution in [2.24, 2.45) is 0 Å². The first kappa shape index (κ1) is 44.6. The van der Waals surface area contributed by atoms with Gasteiger partial charge < -0.3 is 25.5 Å². The second-order valence-corrected chi connectivity index (χ2v) is 22.3. The first-order chi connectivity index (χ1) is 25.3. The van der Waals surface area contributed by atoms with Gasteiger partial charge in [0.2, 0.25) is 0 Å². The van der Waals surface area contributed by atoms with E-state index in [-0.39, 0.29) is 32.5 Å². The van der Waals surface area contributed by atoms with Crippen LogP contribution in [0.15, 0.2) is 60.7 Å². The Kier molecular flexibility index (Phi) is 12.2. The van der Waals surface area contributed by atoms with Crippen molar-refractivity contribution in [3.8, 4) is 17.2 Å². The van der Waals surface area contributed by atoms with Crippen LogP contribution in [0.4, 0.5) is 11.4 Å². The molecule has 4 N–H and O–H groups in total. The number of hydrogen-bond donors (Lipinski definition) is 4. The maximum atomic E-state index is 12.0. The van der Waals surface area contributed by atoms with Crippen molar-refractivity contribution in [3.05, 3.63) is 111 Å². The molecule has 0 aliphatic rings. The van der Waals surface area contributed by atoms with Crippen molar-refractivity contribution in [2.75, 3.05) is 10.2 Å². The molecule has 0 saturated carbocycles. The Morgan fingerprint density at radius 1 is 0.429 bits per heavy atom. The minimum Gasteiger partial charge on any atom is -0.507 e. The SMILES string of the molecule is CC(C)(C)c1cc(CNc2ccccc2N(Cc2cc(C(C)(C)C)cc(C(C)(C)C)c2O)Cc2cc(C(C)(C)C)cc(C(C)(C)C)c2O)c(O)c(C(C)(C)C)c1. The number of benzene rings is 4. The van der Waals surface area contributed by atoms with E-state index in [0.29, 0.717) is 36.9 Å². The van der Waals surface area contributed by atoms with Gasteiger partial charge in [0.25, 0.3) is 0 Å². The molecule has 0 fully saturated rings. The molecule has 4 rings (SSSR count). The molecule has 0 aromatic heterocycles. The van der Waals surface area contributed by atoms with Gasteiger partial charge in [-0.2, -0.15) is 0 Å². The number of aromatic hydroxyl groups is 3. The van der Waals surface area contributed by atoms with Gasteiger partial charge in [-0.3, -0.25) is 0 Å². The van der Waals surface area contributed by atoms with E-state index in [1.165, 1.54) is 5.56 Å². The molecular weight excluding hydrogens is 689 g/mol. The Morgan fingerprint density at radius 2 is 0.750 bits per heavy atom. The van der Waals surface area contributed by atoms with E-state index in [1.807, 2.05) is 12.1 Å². The van der Waals surface area contributed by atoms with Crippen LogP contribution in [0.2, 0.25) is 0 Å². The molecule has 5 heteroatoms. The maximum Gasteiger partial charge on any atom is 0.124 e. The molecular formula is C51H74N2O3. The molecule has 0 aliphatic heterocycles. The smallest absolute Gasteiger partial charge is 0.124 e. The number of anilines is 2. The Balaban J connectivity index is 1.96. The molecule has 0 spiro atoms. The highest BCUT2D eigenvalue weighted by molar-refractivity contribution is 5.71. The quantitative estimate of drug-likeness (QED) is 0.144. The first-order valence-electron chi connectivity index (χ1n) is 20.5. The third-order valence-electron chi connectivity index (χ3n) is 11.0. The van der Waals surface area contributed by atoms with Crippen LogP contribution in [-0.2, 0) is 52.1 Å². The minimum atomic E-state index is -0.277. The predicted molar refractivity (Wildman–Crippen MR) is 240 cm³/mol. The van der Waals surface area contributed by atoms with Gasteiger partial charge in [-0.1, -0.05) is 155 Å². The summed E-state index contributed by atoms with van der Waals surface area (Å²) in [5.41, 5.74) is 9.48. The van der Waals surface area contributed by atoms with E-state index in [2.05, 4.69) is 183 Å². The van der Waals surface area contributed by atoms with E-state index >= 15 is 0 Å². The Hall–Kier alpha value is -4.12. The zero-order chi connectivity index (χ0) is 42.6. The number of hydrogen-bond acceptors (Lipinski definition) is 5. The zero-order valence-corrected chi connectivity index (χ0v) is 38.2. The molecule has 5 nitrogen and oxygen atoms in total. The van der Waals surface area contributed by atoms with Crippen LogP contribution in [0.3, 0.4) is 0 Å². The fourth-order valence-electron chi connectivity index (χ4n) is 7.20. The molecule has 0 unspecified atom stereocenters. The van der Waals surface area contributed by atoms with Gasteiger partial charge in [0.15, 0.2) is 0 Å². The average Bonchev–Trinajstić information content (AvgIpc) is 3.02. The van der Waals surface area contributed by atoms with Gasteiger partial charge in [0, 0.05) is 36.3 Å². The normalized spacial score (nSPS) is 13.2. The number of nitrogens with one attached hydrogen (secondary N) is 1. The van der Waals surface area contributed by atoms with Crippen LogP contribution in [0.5, 0.6) is 17.2 Å². The second-order valence-electron chi connectivity index (χ2n) is 22.3. The molecule has 4 aromatic rings. The van der Waals surface area contributed by atoms with E-state index in [9.17, 15) is 15.3 Å². The molecule has 0 radical (unpaired) electrons. The average molecular weight is 763 g/mol. The lowest BCUT2D eigenvalue weighted by Crippen LogP contribution is -2.26. The third-order valence-corrected chi connectivity index (χ3v) is 11.0. The van der Waals surface area contributed by atoms with Crippen molar-refractivity contribution >= 4 is 11.4 Å². The summed E-state index contributed by atoms with van der Waals surface area (Å²) < 4.78 is 0. The van der Waals surface area contributed by atoms with E-state index in [0.717, 1.165) is 55.9 Å². The molecule has 0 aliphatic carbocycles. The predicted octanol–water partition coefficient (Wildman–Crippen LogP) is 13.4. The second kappa shape index (κ2) is 15.3. The van der Waals surface area contributed by atoms with Crippen LogP contribution in [0.1, 0.15) is 175 Å². The Bertz CT molecular complexity index is 1950. The number of nitrogens with zero attached hydrogens (tertiary/aromatic N) is 1. The maximum absolute atomic E-state index is 12.0. The molecule has 0 amide bonds. The molecule has 0 bridgehead atoms.